The number of nitrogens with two attached hydrogens (primary N) is 1. The van der Waals surface area contributed by atoms with Crippen molar-refractivity contribution in [2.24, 2.45) is 5.90 Å². The molecule has 0 aliphatic rings. The molecule has 0 fully saturated rings. The number of aromatic hydroxyl groups is 2. The molecule has 0 unspecified atom stereocenters. The van der Waals surface area contributed by atoms with Gasteiger partial charge in [0.05, 0.1) is 0 Å². The Morgan fingerprint density at radius 1 is 1.31 bits per heavy atom. The van der Waals surface area contributed by atoms with Crippen LogP contribution in [0.2, 0.25) is 0 Å². The molecule has 4 heteroatoms. The van der Waals surface area contributed by atoms with Crippen LogP contribution in [-0.4, -0.2) is 10.2 Å². The van der Waals surface area contributed by atoms with Gasteiger partial charge in [0.25, 0.3) is 0 Å². The summed E-state index contributed by atoms with van der Waals surface area (Å²) in [6, 6.07) is 4.28. The van der Waals surface area contributed by atoms with Gasteiger partial charge in [-0.3, -0.25) is 4.84 Å². The van der Waals surface area contributed by atoms with Crippen LogP contribution in [0.5, 0.6) is 11.5 Å². The molecule has 1 aromatic rings. The lowest BCUT2D eigenvalue weighted by atomic mass is 9.97. The molecule has 0 spiro atoms. The number of hydrogen-bond acceptors (Lipinski definition) is 4. The standard InChI is InChI=1S/C9H13NO3/c1-9(2,13-10)7-4-3-6(11)5-8(7)12/h3-5,11-12H,10H2,1-2H3. The molecule has 4 nitrogen and oxygen atoms in total. The van der Waals surface area contributed by atoms with Crippen molar-refractivity contribution in [3.63, 3.8) is 0 Å². The smallest absolute Gasteiger partial charge is 0.125 e. The van der Waals surface area contributed by atoms with E-state index >= 15 is 0 Å². The van der Waals surface area contributed by atoms with Crippen LogP contribution in [0.25, 0.3) is 0 Å². The van der Waals surface area contributed by atoms with E-state index in [1.165, 1.54) is 12.1 Å². The summed E-state index contributed by atoms with van der Waals surface area (Å²) in [4.78, 5) is 4.70. The summed E-state index contributed by atoms with van der Waals surface area (Å²) in [5.74, 6) is 5.05. The summed E-state index contributed by atoms with van der Waals surface area (Å²) in [6.45, 7) is 3.44. The molecule has 0 aliphatic heterocycles. The number of benzene rings is 1. The van der Waals surface area contributed by atoms with Gasteiger partial charge in [-0.25, -0.2) is 5.90 Å². The monoisotopic (exact) mass is 183 g/mol. The van der Waals surface area contributed by atoms with Crippen molar-refractivity contribution in [3.8, 4) is 11.5 Å². The van der Waals surface area contributed by atoms with E-state index in [4.69, 9.17) is 15.8 Å². The maximum absolute atomic E-state index is 9.46. The Bertz CT molecular complexity index is 310. The van der Waals surface area contributed by atoms with Crippen molar-refractivity contribution in [2.75, 3.05) is 0 Å². The van der Waals surface area contributed by atoms with Crippen molar-refractivity contribution in [1.82, 2.24) is 0 Å². The highest BCUT2D eigenvalue weighted by Crippen LogP contribution is 2.32. The second-order valence-electron chi connectivity index (χ2n) is 3.33. The molecular formula is C9H13NO3. The second-order valence-corrected chi connectivity index (χ2v) is 3.33. The first-order valence-electron chi connectivity index (χ1n) is 3.88. The second kappa shape index (κ2) is 3.24. The Morgan fingerprint density at radius 2 is 1.92 bits per heavy atom. The molecule has 4 N–H and O–H groups in total. The molecule has 1 aromatic carbocycles. The molecule has 0 radical (unpaired) electrons. The third kappa shape index (κ3) is 1.91. The molecule has 1 rings (SSSR count). The predicted octanol–water partition coefficient (Wildman–Crippen LogP) is 1.22. The van der Waals surface area contributed by atoms with Gasteiger partial charge in [-0.05, 0) is 26.0 Å². The summed E-state index contributed by atoms with van der Waals surface area (Å²) in [6.07, 6.45) is 0. The van der Waals surface area contributed by atoms with Crippen LogP contribution in [0.3, 0.4) is 0 Å². The molecule has 0 saturated carbocycles. The van der Waals surface area contributed by atoms with E-state index in [9.17, 15) is 5.11 Å². The molecule has 0 bridgehead atoms. The number of phenolic OH excluding ortho intramolecular Hbond substituents is 2. The number of rotatable bonds is 2. The molecule has 13 heavy (non-hydrogen) atoms. The fourth-order valence-electron chi connectivity index (χ4n) is 1.09. The van der Waals surface area contributed by atoms with Gasteiger partial charge < -0.3 is 10.2 Å². The maximum atomic E-state index is 9.46. The first-order valence-corrected chi connectivity index (χ1v) is 3.88. The SMILES string of the molecule is CC(C)(ON)c1ccc(O)cc1O. The van der Waals surface area contributed by atoms with E-state index in [0.717, 1.165) is 0 Å². The van der Waals surface area contributed by atoms with Gasteiger partial charge in [0, 0.05) is 11.6 Å². The Morgan fingerprint density at radius 3 is 2.38 bits per heavy atom. The molecule has 0 saturated heterocycles. The van der Waals surface area contributed by atoms with Gasteiger partial charge in [0.2, 0.25) is 0 Å². The van der Waals surface area contributed by atoms with Gasteiger partial charge in [-0.1, -0.05) is 0 Å². The van der Waals surface area contributed by atoms with Crippen LogP contribution in [0.15, 0.2) is 18.2 Å². The van der Waals surface area contributed by atoms with Gasteiger partial charge in [-0.2, -0.15) is 0 Å². The third-order valence-electron chi connectivity index (χ3n) is 1.92. The lowest BCUT2D eigenvalue weighted by Gasteiger charge is -2.23. The highest BCUT2D eigenvalue weighted by Gasteiger charge is 2.24. The lowest BCUT2D eigenvalue weighted by molar-refractivity contribution is -0.0250. The Labute approximate surface area is 76.5 Å². The van der Waals surface area contributed by atoms with Crippen molar-refractivity contribution in [1.29, 1.82) is 0 Å². The van der Waals surface area contributed by atoms with Gasteiger partial charge in [-0.15, -0.1) is 0 Å². The lowest BCUT2D eigenvalue weighted by Crippen LogP contribution is -2.25. The first kappa shape index (κ1) is 9.83. The van der Waals surface area contributed by atoms with E-state index in [2.05, 4.69) is 0 Å². The zero-order chi connectivity index (χ0) is 10.1. The Balaban J connectivity index is 3.16. The minimum Gasteiger partial charge on any atom is -0.508 e. The van der Waals surface area contributed by atoms with E-state index in [0.29, 0.717) is 5.56 Å². The van der Waals surface area contributed by atoms with Crippen molar-refractivity contribution < 1.29 is 15.1 Å². The largest absolute Gasteiger partial charge is 0.508 e. The number of phenols is 2. The normalized spacial score (nSPS) is 11.6. The topological polar surface area (TPSA) is 75.7 Å². The summed E-state index contributed by atoms with van der Waals surface area (Å²) in [5.41, 5.74) is -0.231. The Hall–Kier alpha value is -1.26. The molecular weight excluding hydrogens is 170 g/mol. The van der Waals surface area contributed by atoms with E-state index in [-0.39, 0.29) is 11.5 Å². The third-order valence-corrected chi connectivity index (χ3v) is 1.92. The van der Waals surface area contributed by atoms with Crippen LogP contribution in [0.4, 0.5) is 0 Å². The fourth-order valence-corrected chi connectivity index (χ4v) is 1.09. The predicted molar refractivity (Wildman–Crippen MR) is 48.1 cm³/mol. The zero-order valence-corrected chi connectivity index (χ0v) is 7.61. The quantitative estimate of drug-likeness (QED) is 0.602. The highest BCUT2D eigenvalue weighted by atomic mass is 16.6. The van der Waals surface area contributed by atoms with Crippen LogP contribution < -0.4 is 5.90 Å². The summed E-state index contributed by atoms with van der Waals surface area (Å²) in [7, 11) is 0. The van der Waals surface area contributed by atoms with Crippen molar-refractivity contribution in [2.45, 2.75) is 19.4 Å². The average molecular weight is 183 g/mol. The fraction of sp³-hybridized carbons (Fsp3) is 0.333. The Kier molecular flexibility index (Phi) is 2.45. The van der Waals surface area contributed by atoms with E-state index < -0.39 is 5.60 Å². The molecule has 0 amide bonds. The molecule has 0 heterocycles. The van der Waals surface area contributed by atoms with Crippen LogP contribution in [0.1, 0.15) is 19.4 Å². The maximum Gasteiger partial charge on any atom is 0.125 e. The van der Waals surface area contributed by atoms with Gasteiger partial charge in [0.1, 0.15) is 17.1 Å². The minimum absolute atomic E-state index is 0.00840. The van der Waals surface area contributed by atoms with E-state index in [1.807, 2.05) is 0 Å². The van der Waals surface area contributed by atoms with Crippen LogP contribution in [0, 0.1) is 0 Å². The van der Waals surface area contributed by atoms with Crippen molar-refractivity contribution >= 4 is 0 Å². The summed E-state index contributed by atoms with van der Waals surface area (Å²) < 4.78 is 0. The molecule has 0 aliphatic carbocycles. The summed E-state index contributed by atoms with van der Waals surface area (Å²) in [5, 5.41) is 18.5. The molecule has 0 aromatic heterocycles. The summed E-state index contributed by atoms with van der Waals surface area (Å²) >= 11 is 0. The molecule has 0 atom stereocenters. The average Bonchev–Trinajstić information content (AvgIpc) is 2.03. The van der Waals surface area contributed by atoms with Gasteiger partial charge in [0.15, 0.2) is 0 Å². The van der Waals surface area contributed by atoms with Crippen molar-refractivity contribution in [3.05, 3.63) is 23.8 Å². The van der Waals surface area contributed by atoms with Gasteiger partial charge >= 0.3 is 0 Å². The van der Waals surface area contributed by atoms with E-state index in [1.54, 1.807) is 19.9 Å². The minimum atomic E-state index is -0.766. The first-order chi connectivity index (χ1) is 5.97. The molecule has 72 valence electrons. The highest BCUT2D eigenvalue weighted by molar-refractivity contribution is 5.41. The zero-order valence-electron chi connectivity index (χ0n) is 7.61. The van der Waals surface area contributed by atoms with Crippen LogP contribution >= 0.6 is 0 Å². The van der Waals surface area contributed by atoms with Crippen LogP contribution in [-0.2, 0) is 10.4 Å². The number of hydrogen-bond donors (Lipinski definition) is 3.